The summed E-state index contributed by atoms with van der Waals surface area (Å²) in [6, 6.07) is 1.68. The zero-order valence-corrected chi connectivity index (χ0v) is 10.4. The van der Waals surface area contributed by atoms with Crippen molar-refractivity contribution in [3.05, 3.63) is 40.8 Å². The second-order valence-corrected chi connectivity index (χ2v) is 4.01. The molecule has 0 amide bonds. The maximum atomic E-state index is 5.83. The van der Waals surface area contributed by atoms with Crippen LogP contribution in [0.25, 0.3) is 0 Å². The average Bonchev–Trinajstić information content (AvgIpc) is 2.27. The fraction of sp³-hybridized carbons (Fsp3) is 0.273. The summed E-state index contributed by atoms with van der Waals surface area (Å²) in [7, 11) is 0. The maximum absolute atomic E-state index is 5.83. The largest absolute Gasteiger partial charge is 0.364 e. The average molecular weight is 250 g/mol. The molecule has 2 aromatic heterocycles. The summed E-state index contributed by atoms with van der Waals surface area (Å²) in [5, 5.41) is 3.55. The monoisotopic (exact) mass is 249 g/mol. The van der Waals surface area contributed by atoms with Crippen LogP contribution in [0.2, 0.25) is 5.15 Å². The van der Waals surface area contributed by atoms with Gasteiger partial charge in [-0.05, 0) is 13.8 Å². The van der Waals surface area contributed by atoms with Gasteiger partial charge < -0.3 is 5.32 Å². The molecule has 0 saturated heterocycles. The number of nitrogens with one attached hydrogen (secondary N) is 1. The second-order valence-electron chi connectivity index (χ2n) is 3.63. The minimum absolute atomic E-state index is 0.426. The van der Waals surface area contributed by atoms with Crippen molar-refractivity contribution in [1.29, 1.82) is 0 Å². The van der Waals surface area contributed by atoms with E-state index in [-0.39, 0.29) is 0 Å². The number of aryl methyl sites for hydroxylation is 2. The summed E-state index contributed by atoms with van der Waals surface area (Å²) in [5.41, 5.74) is 1.75. The van der Waals surface area contributed by atoms with Crippen LogP contribution in [0.15, 0.2) is 18.5 Å². The van der Waals surface area contributed by atoms with Crippen molar-refractivity contribution in [3.63, 3.8) is 0 Å². The van der Waals surface area contributed by atoms with Crippen LogP contribution in [-0.4, -0.2) is 19.9 Å². The van der Waals surface area contributed by atoms with E-state index in [9.17, 15) is 0 Å². The minimum Gasteiger partial charge on any atom is -0.364 e. The van der Waals surface area contributed by atoms with E-state index in [1.807, 2.05) is 6.92 Å². The molecular formula is C11H12ClN5. The summed E-state index contributed by atoms with van der Waals surface area (Å²) in [6.45, 7) is 4.25. The Labute approximate surface area is 104 Å². The Morgan fingerprint density at radius 1 is 1.18 bits per heavy atom. The molecule has 0 radical (unpaired) electrons. The van der Waals surface area contributed by atoms with Crippen LogP contribution in [0.3, 0.4) is 0 Å². The van der Waals surface area contributed by atoms with Gasteiger partial charge in [0.05, 0.1) is 24.1 Å². The molecule has 0 spiro atoms. The normalized spacial score (nSPS) is 10.3. The van der Waals surface area contributed by atoms with Crippen LogP contribution < -0.4 is 5.32 Å². The van der Waals surface area contributed by atoms with Crippen LogP contribution in [0.1, 0.15) is 17.2 Å². The van der Waals surface area contributed by atoms with E-state index in [4.69, 9.17) is 11.6 Å². The van der Waals surface area contributed by atoms with Crippen LogP contribution in [0, 0.1) is 13.8 Å². The van der Waals surface area contributed by atoms with E-state index in [0.29, 0.717) is 23.3 Å². The highest BCUT2D eigenvalue weighted by atomic mass is 35.5. The standard InChI is InChI=1S/C11H12ClN5/c1-7-4-14-9(5-13-7)6-15-11-3-10(12)16-8(2)17-11/h3-5H,6H2,1-2H3,(H,15,16,17). The molecule has 2 aromatic rings. The zero-order chi connectivity index (χ0) is 12.3. The third-order valence-corrected chi connectivity index (χ3v) is 2.29. The van der Waals surface area contributed by atoms with Crippen molar-refractivity contribution >= 4 is 17.4 Å². The lowest BCUT2D eigenvalue weighted by atomic mass is 10.4. The van der Waals surface area contributed by atoms with Crippen LogP contribution in [0.4, 0.5) is 5.82 Å². The van der Waals surface area contributed by atoms with E-state index < -0.39 is 0 Å². The highest BCUT2D eigenvalue weighted by Gasteiger charge is 2.00. The SMILES string of the molecule is Cc1cnc(CNc2cc(Cl)nc(C)n2)cn1. The first kappa shape index (κ1) is 11.7. The quantitative estimate of drug-likeness (QED) is 0.845. The van der Waals surface area contributed by atoms with Crippen molar-refractivity contribution in [2.45, 2.75) is 20.4 Å². The lowest BCUT2D eigenvalue weighted by molar-refractivity contribution is 0.963. The van der Waals surface area contributed by atoms with E-state index in [1.54, 1.807) is 25.4 Å². The van der Waals surface area contributed by atoms with Crippen LogP contribution >= 0.6 is 11.6 Å². The highest BCUT2D eigenvalue weighted by molar-refractivity contribution is 6.29. The van der Waals surface area contributed by atoms with Gasteiger partial charge >= 0.3 is 0 Å². The van der Waals surface area contributed by atoms with E-state index in [1.165, 1.54) is 0 Å². The van der Waals surface area contributed by atoms with Crippen molar-refractivity contribution in [2.75, 3.05) is 5.32 Å². The van der Waals surface area contributed by atoms with Crippen LogP contribution in [-0.2, 0) is 6.54 Å². The third-order valence-electron chi connectivity index (χ3n) is 2.09. The van der Waals surface area contributed by atoms with E-state index >= 15 is 0 Å². The molecule has 0 bridgehead atoms. The van der Waals surface area contributed by atoms with Gasteiger partial charge in [-0.1, -0.05) is 11.6 Å². The Morgan fingerprint density at radius 2 is 2.00 bits per heavy atom. The number of hydrogen-bond acceptors (Lipinski definition) is 5. The van der Waals surface area contributed by atoms with Gasteiger partial charge in [0.2, 0.25) is 0 Å². The van der Waals surface area contributed by atoms with Crippen LogP contribution in [0.5, 0.6) is 0 Å². The van der Waals surface area contributed by atoms with Gasteiger partial charge in [-0.25, -0.2) is 9.97 Å². The minimum atomic E-state index is 0.426. The number of rotatable bonds is 3. The summed E-state index contributed by atoms with van der Waals surface area (Å²) in [6.07, 6.45) is 3.47. The first-order valence-corrected chi connectivity index (χ1v) is 5.54. The smallest absolute Gasteiger partial charge is 0.134 e. The molecule has 0 saturated carbocycles. The van der Waals surface area contributed by atoms with Gasteiger partial charge in [-0.15, -0.1) is 0 Å². The predicted octanol–water partition coefficient (Wildman–Crippen LogP) is 2.15. The first-order valence-electron chi connectivity index (χ1n) is 5.16. The van der Waals surface area contributed by atoms with Gasteiger partial charge in [0.1, 0.15) is 16.8 Å². The highest BCUT2D eigenvalue weighted by Crippen LogP contribution is 2.11. The molecule has 5 nitrogen and oxygen atoms in total. The summed E-state index contributed by atoms with van der Waals surface area (Å²) >= 11 is 5.83. The van der Waals surface area contributed by atoms with E-state index in [0.717, 1.165) is 11.4 Å². The molecule has 0 aromatic carbocycles. The predicted molar refractivity (Wildman–Crippen MR) is 65.9 cm³/mol. The topological polar surface area (TPSA) is 63.6 Å². The molecule has 6 heteroatoms. The van der Waals surface area contributed by atoms with Crippen molar-refractivity contribution < 1.29 is 0 Å². The Morgan fingerprint density at radius 3 is 2.65 bits per heavy atom. The molecule has 17 heavy (non-hydrogen) atoms. The van der Waals surface area contributed by atoms with Gasteiger partial charge in [0, 0.05) is 12.3 Å². The van der Waals surface area contributed by atoms with Gasteiger partial charge in [-0.2, -0.15) is 0 Å². The molecule has 88 valence electrons. The van der Waals surface area contributed by atoms with Gasteiger partial charge in [0.15, 0.2) is 0 Å². The number of halogens is 1. The third kappa shape index (κ3) is 3.35. The summed E-state index contributed by atoms with van der Waals surface area (Å²) in [5.74, 6) is 1.32. The van der Waals surface area contributed by atoms with Gasteiger partial charge in [-0.3, -0.25) is 9.97 Å². The number of nitrogens with zero attached hydrogens (tertiary/aromatic N) is 4. The lowest BCUT2D eigenvalue weighted by Gasteiger charge is -2.05. The number of aromatic nitrogens is 4. The number of anilines is 1. The first-order chi connectivity index (χ1) is 8.13. The second kappa shape index (κ2) is 5.05. The molecule has 0 unspecified atom stereocenters. The van der Waals surface area contributed by atoms with Crippen molar-refractivity contribution in [2.24, 2.45) is 0 Å². The summed E-state index contributed by atoms with van der Waals surface area (Å²) in [4.78, 5) is 16.6. The molecular weight excluding hydrogens is 238 g/mol. The maximum Gasteiger partial charge on any atom is 0.134 e. The summed E-state index contributed by atoms with van der Waals surface area (Å²) < 4.78 is 0. The lowest BCUT2D eigenvalue weighted by Crippen LogP contribution is -2.05. The number of hydrogen-bond donors (Lipinski definition) is 1. The Hall–Kier alpha value is -1.75. The molecule has 0 atom stereocenters. The zero-order valence-electron chi connectivity index (χ0n) is 9.61. The Kier molecular flexibility index (Phi) is 3.49. The molecule has 2 rings (SSSR count). The Balaban J connectivity index is 2.04. The van der Waals surface area contributed by atoms with Gasteiger partial charge in [0.25, 0.3) is 0 Å². The molecule has 1 N–H and O–H groups in total. The Bertz CT molecular complexity index is 492. The molecule has 0 aliphatic rings. The van der Waals surface area contributed by atoms with Crippen molar-refractivity contribution in [3.8, 4) is 0 Å². The fourth-order valence-electron chi connectivity index (χ4n) is 1.31. The van der Waals surface area contributed by atoms with Crippen molar-refractivity contribution in [1.82, 2.24) is 19.9 Å². The molecule has 0 aliphatic carbocycles. The van der Waals surface area contributed by atoms with E-state index in [2.05, 4.69) is 25.3 Å². The molecule has 0 fully saturated rings. The molecule has 0 aliphatic heterocycles. The molecule has 2 heterocycles. The fourth-order valence-corrected chi connectivity index (χ4v) is 1.54.